The SMILES string of the molecule is COCCc1ccc(Oc2cc(F)ccc2N)cc1. The molecule has 0 fully saturated rings. The summed E-state index contributed by atoms with van der Waals surface area (Å²) in [5.74, 6) is 0.573. The Kier molecular flexibility index (Phi) is 4.36. The highest BCUT2D eigenvalue weighted by molar-refractivity contribution is 5.53. The van der Waals surface area contributed by atoms with Crippen molar-refractivity contribution in [1.82, 2.24) is 0 Å². The summed E-state index contributed by atoms with van der Waals surface area (Å²) in [5, 5.41) is 0. The highest BCUT2D eigenvalue weighted by Gasteiger charge is 2.04. The fourth-order valence-electron chi connectivity index (χ4n) is 1.67. The second-order valence-electron chi connectivity index (χ2n) is 4.17. The van der Waals surface area contributed by atoms with E-state index in [4.69, 9.17) is 15.2 Å². The van der Waals surface area contributed by atoms with Gasteiger partial charge in [0.15, 0.2) is 5.75 Å². The van der Waals surface area contributed by atoms with Crippen LogP contribution in [0, 0.1) is 5.82 Å². The highest BCUT2D eigenvalue weighted by Crippen LogP contribution is 2.28. The summed E-state index contributed by atoms with van der Waals surface area (Å²) in [7, 11) is 1.67. The fourth-order valence-corrected chi connectivity index (χ4v) is 1.67. The Hall–Kier alpha value is -2.07. The molecule has 100 valence electrons. The summed E-state index contributed by atoms with van der Waals surface area (Å²) in [5.41, 5.74) is 7.29. The minimum atomic E-state index is -0.374. The molecule has 2 aromatic carbocycles. The normalized spacial score (nSPS) is 10.4. The minimum Gasteiger partial charge on any atom is -0.455 e. The fraction of sp³-hybridized carbons (Fsp3) is 0.200. The van der Waals surface area contributed by atoms with Crippen molar-refractivity contribution >= 4 is 5.69 Å². The molecule has 0 heterocycles. The van der Waals surface area contributed by atoms with Gasteiger partial charge in [0.1, 0.15) is 11.6 Å². The molecule has 0 bridgehead atoms. The number of benzene rings is 2. The van der Waals surface area contributed by atoms with Crippen LogP contribution in [-0.2, 0) is 11.2 Å². The number of hydrogen-bond donors (Lipinski definition) is 1. The van der Waals surface area contributed by atoms with E-state index in [2.05, 4.69) is 0 Å². The Labute approximate surface area is 111 Å². The minimum absolute atomic E-state index is 0.324. The van der Waals surface area contributed by atoms with Crippen molar-refractivity contribution < 1.29 is 13.9 Å². The van der Waals surface area contributed by atoms with Crippen molar-refractivity contribution in [2.24, 2.45) is 0 Å². The molecule has 0 aliphatic rings. The second kappa shape index (κ2) is 6.20. The molecule has 3 nitrogen and oxygen atoms in total. The van der Waals surface area contributed by atoms with E-state index >= 15 is 0 Å². The quantitative estimate of drug-likeness (QED) is 0.839. The third-order valence-corrected chi connectivity index (χ3v) is 2.72. The van der Waals surface area contributed by atoms with Crippen LogP contribution in [0.5, 0.6) is 11.5 Å². The lowest BCUT2D eigenvalue weighted by atomic mass is 10.1. The van der Waals surface area contributed by atoms with Crippen molar-refractivity contribution in [3.63, 3.8) is 0 Å². The van der Waals surface area contributed by atoms with Gasteiger partial charge >= 0.3 is 0 Å². The first-order valence-corrected chi connectivity index (χ1v) is 6.00. The molecule has 19 heavy (non-hydrogen) atoms. The number of hydrogen-bond acceptors (Lipinski definition) is 3. The maximum atomic E-state index is 13.1. The van der Waals surface area contributed by atoms with E-state index in [1.807, 2.05) is 24.3 Å². The second-order valence-corrected chi connectivity index (χ2v) is 4.17. The first kappa shape index (κ1) is 13.4. The molecule has 0 aliphatic carbocycles. The van der Waals surface area contributed by atoms with Crippen molar-refractivity contribution in [1.29, 1.82) is 0 Å². The van der Waals surface area contributed by atoms with E-state index in [0.29, 0.717) is 23.8 Å². The molecule has 0 radical (unpaired) electrons. The summed E-state index contributed by atoms with van der Waals surface area (Å²) in [4.78, 5) is 0. The van der Waals surface area contributed by atoms with Crippen molar-refractivity contribution in [3.05, 3.63) is 53.8 Å². The topological polar surface area (TPSA) is 44.5 Å². The van der Waals surface area contributed by atoms with Crippen LogP contribution in [0.3, 0.4) is 0 Å². The molecule has 0 saturated carbocycles. The van der Waals surface area contributed by atoms with Gasteiger partial charge in [-0.3, -0.25) is 0 Å². The maximum Gasteiger partial charge on any atom is 0.153 e. The van der Waals surface area contributed by atoms with Crippen LogP contribution in [0.1, 0.15) is 5.56 Å². The Balaban J connectivity index is 2.08. The van der Waals surface area contributed by atoms with E-state index in [1.165, 1.54) is 18.2 Å². The van der Waals surface area contributed by atoms with E-state index < -0.39 is 0 Å². The van der Waals surface area contributed by atoms with Gasteiger partial charge in [-0.2, -0.15) is 0 Å². The summed E-state index contributed by atoms with van der Waals surface area (Å²) in [6.45, 7) is 0.678. The number of nitrogens with two attached hydrogens (primary N) is 1. The molecular formula is C15H16FNO2. The van der Waals surface area contributed by atoms with Crippen LogP contribution in [0.25, 0.3) is 0 Å². The smallest absolute Gasteiger partial charge is 0.153 e. The molecule has 0 atom stereocenters. The van der Waals surface area contributed by atoms with Gasteiger partial charge in [-0.25, -0.2) is 4.39 Å². The number of ether oxygens (including phenoxy) is 2. The van der Waals surface area contributed by atoms with Crippen LogP contribution in [0.2, 0.25) is 0 Å². The highest BCUT2D eigenvalue weighted by atomic mass is 19.1. The number of anilines is 1. The number of nitrogen functional groups attached to an aromatic ring is 1. The Morgan fingerprint density at radius 2 is 1.84 bits per heavy atom. The number of rotatable bonds is 5. The van der Waals surface area contributed by atoms with Crippen LogP contribution in [0.4, 0.5) is 10.1 Å². The van der Waals surface area contributed by atoms with Crippen molar-refractivity contribution in [3.8, 4) is 11.5 Å². The van der Waals surface area contributed by atoms with Crippen LogP contribution in [-0.4, -0.2) is 13.7 Å². The van der Waals surface area contributed by atoms with Gasteiger partial charge in [-0.1, -0.05) is 12.1 Å². The van der Waals surface area contributed by atoms with Crippen LogP contribution < -0.4 is 10.5 Å². The lowest BCUT2D eigenvalue weighted by Crippen LogP contribution is -1.95. The molecule has 2 aromatic rings. The van der Waals surface area contributed by atoms with E-state index in [0.717, 1.165) is 12.0 Å². The zero-order chi connectivity index (χ0) is 13.7. The third-order valence-electron chi connectivity index (χ3n) is 2.72. The molecule has 0 saturated heterocycles. The molecule has 2 rings (SSSR count). The lowest BCUT2D eigenvalue weighted by molar-refractivity contribution is 0.202. The van der Waals surface area contributed by atoms with Gasteiger partial charge in [0, 0.05) is 13.2 Å². The van der Waals surface area contributed by atoms with E-state index in [9.17, 15) is 4.39 Å². The molecule has 2 N–H and O–H groups in total. The molecule has 0 aromatic heterocycles. The monoisotopic (exact) mass is 261 g/mol. The summed E-state index contributed by atoms with van der Waals surface area (Å²) < 4.78 is 23.7. The van der Waals surface area contributed by atoms with Gasteiger partial charge in [0.2, 0.25) is 0 Å². The molecule has 0 aliphatic heterocycles. The molecule has 0 amide bonds. The van der Waals surface area contributed by atoms with Gasteiger partial charge in [-0.05, 0) is 36.2 Å². The van der Waals surface area contributed by atoms with Gasteiger partial charge in [0.25, 0.3) is 0 Å². The van der Waals surface area contributed by atoms with E-state index in [-0.39, 0.29) is 5.82 Å². The zero-order valence-corrected chi connectivity index (χ0v) is 10.7. The van der Waals surface area contributed by atoms with Gasteiger partial charge in [-0.15, -0.1) is 0 Å². The molecule has 4 heteroatoms. The average molecular weight is 261 g/mol. The zero-order valence-electron chi connectivity index (χ0n) is 10.7. The van der Waals surface area contributed by atoms with Crippen LogP contribution in [0.15, 0.2) is 42.5 Å². The van der Waals surface area contributed by atoms with Gasteiger partial charge < -0.3 is 15.2 Å². The van der Waals surface area contributed by atoms with Crippen LogP contribution >= 0.6 is 0 Å². The predicted octanol–water partition coefficient (Wildman–Crippen LogP) is 3.39. The van der Waals surface area contributed by atoms with Crippen molar-refractivity contribution in [2.45, 2.75) is 6.42 Å². The first-order chi connectivity index (χ1) is 9.19. The molecule has 0 unspecified atom stereocenters. The molecule has 0 spiro atoms. The van der Waals surface area contributed by atoms with Gasteiger partial charge in [0.05, 0.1) is 12.3 Å². The Morgan fingerprint density at radius 3 is 2.53 bits per heavy atom. The first-order valence-electron chi connectivity index (χ1n) is 6.00. The Bertz CT molecular complexity index is 540. The van der Waals surface area contributed by atoms with E-state index in [1.54, 1.807) is 7.11 Å². The summed E-state index contributed by atoms with van der Waals surface area (Å²) in [6, 6.07) is 11.6. The third kappa shape index (κ3) is 3.69. The predicted molar refractivity (Wildman–Crippen MR) is 72.9 cm³/mol. The largest absolute Gasteiger partial charge is 0.455 e. The van der Waals surface area contributed by atoms with Crippen molar-refractivity contribution in [2.75, 3.05) is 19.5 Å². The maximum absolute atomic E-state index is 13.1. The average Bonchev–Trinajstić information content (AvgIpc) is 2.42. The summed E-state index contributed by atoms with van der Waals surface area (Å²) in [6.07, 6.45) is 0.846. The number of methoxy groups -OCH3 is 1. The summed E-state index contributed by atoms with van der Waals surface area (Å²) >= 11 is 0. The number of halogens is 1. The Morgan fingerprint density at radius 1 is 1.11 bits per heavy atom. The lowest BCUT2D eigenvalue weighted by Gasteiger charge is -2.09. The molecular weight excluding hydrogens is 245 g/mol. The standard InChI is InChI=1S/C15H16FNO2/c1-18-9-8-11-2-5-13(6-3-11)19-15-10-12(16)4-7-14(15)17/h2-7,10H,8-9,17H2,1H3.